The van der Waals surface area contributed by atoms with Crippen LogP contribution in [0, 0.1) is 0 Å². The van der Waals surface area contributed by atoms with Gasteiger partial charge in [-0.05, 0) is 48.5 Å². The smallest absolute Gasteiger partial charge is 0.264 e. The van der Waals surface area contributed by atoms with Crippen LogP contribution in [-0.2, 0) is 6.61 Å². The maximum atomic E-state index is 13.3. The predicted molar refractivity (Wildman–Crippen MR) is 132 cm³/mol. The lowest BCUT2D eigenvalue weighted by atomic mass is 10.1. The summed E-state index contributed by atoms with van der Waals surface area (Å²) in [4.78, 5) is 21.9. The summed E-state index contributed by atoms with van der Waals surface area (Å²) in [6, 6.07) is 24.9. The summed E-state index contributed by atoms with van der Waals surface area (Å²) in [5.41, 5.74) is 2.51. The minimum Gasteiger partial charge on any atom is -0.497 e. The van der Waals surface area contributed by atoms with Crippen LogP contribution in [0.2, 0.25) is 0 Å². The molecule has 0 spiro atoms. The predicted octanol–water partition coefficient (Wildman–Crippen LogP) is 4.29. The maximum absolute atomic E-state index is 13.3. The van der Waals surface area contributed by atoms with Crippen molar-refractivity contribution in [1.82, 2.24) is 15.0 Å². The molecule has 2 heterocycles. The Bertz CT molecular complexity index is 1270. The average molecular weight is 471 g/mol. The Morgan fingerprint density at radius 3 is 2.37 bits per heavy atom. The summed E-state index contributed by atoms with van der Waals surface area (Å²) in [5.74, 6) is 2.00. The molecule has 0 atom stereocenters. The lowest BCUT2D eigenvalue weighted by Crippen LogP contribution is -2.48. The molecular weight excluding hydrogens is 444 g/mol. The highest BCUT2D eigenvalue weighted by atomic mass is 16.5. The van der Waals surface area contributed by atoms with Crippen molar-refractivity contribution in [3.8, 4) is 22.9 Å². The first kappa shape index (κ1) is 22.5. The number of piperazine rings is 1. The van der Waals surface area contributed by atoms with Crippen LogP contribution in [-0.4, -0.2) is 54.2 Å². The molecule has 0 radical (unpaired) electrons. The fourth-order valence-corrected chi connectivity index (χ4v) is 4.06. The van der Waals surface area contributed by atoms with Gasteiger partial charge in [0, 0.05) is 37.4 Å². The van der Waals surface area contributed by atoms with E-state index in [4.69, 9.17) is 14.0 Å². The minimum atomic E-state index is -0.0437. The Hall–Kier alpha value is -4.33. The molecule has 0 unspecified atom stereocenters. The van der Waals surface area contributed by atoms with Gasteiger partial charge in [0.05, 0.1) is 12.7 Å². The van der Waals surface area contributed by atoms with Crippen LogP contribution in [0.25, 0.3) is 11.4 Å². The van der Waals surface area contributed by atoms with E-state index in [9.17, 15) is 4.79 Å². The fourth-order valence-electron chi connectivity index (χ4n) is 4.06. The number of anilines is 1. The molecule has 5 rings (SSSR count). The van der Waals surface area contributed by atoms with Gasteiger partial charge in [0.1, 0.15) is 11.5 Å². The molecule has 0 saturated carbocycles. The average Bonchev–Trinajstić information content (AvgIpc) is 3.41. The number of benzene rings is 3. The van der Waals surface area contributed by atoms with Crippen molar-refractivity contribution in [3.63, 3.8) is 0 Å². The second kappa shape index (κ2) is 10.3. The standard InChI is InChI=1S/C27H26N4O4/c1-33-22-13-11-20(12-14-22)26-28-25(35-29-26)19-34-24-10-6-5-9-23(24)27(32)31-17-15-30(16-18-31)21-7-3-2-4-8-21/h2-14H,15-19H2,1H3. The first-order valence-electron chi connectivity index (χ1n) is 11.5. The molecule has 1 saturated heterocycles. The molecule has 1 fully saturated rings. The van der Waals surface area contributed by atoms with Gasteiger partial charge in [0.15, 0.2) is 6.61 Å². The van der Waals surface area contributed by atoms with Crippen molar-refractivity contribution in [2.75, 3.05) is 38.2 Å². The number of carbonyl (C=O) groups excluding carboxylic acids is 1. The van der Waals surface area contributed by atoms with Crippen LogP contribution in [0.4, 0.5) is 5.69 Å². The molecule has 4 aromatic rings. The number of carbonyl (C=O) groups is 1. The number of hydrogen-bond donors (Lipinski definition) is 0. The highest BCUT2D eigenvalue weighted by Gasteiger charge is 2.24. The monoisotopic (exact) mass is 470 g/mol. The second-order valence-corrected chi connectivity index (χ2v) is 8.14. The van der Waals surface area contributed by atoms with Gasteiger partial charge in [0.25, 0.3) is 11.8 Å². The zero-order valence-electron chi connectivity index (χ0n) is 19.5. The van der Waals surface area contributed by atoms with E-state index >= 15 is 0 Å². The SMILES string of the molecule is COc1ccc(-c2noc(COc3ccccc3C(=O)N3CCN(c4ccccc4)CC3)n2)cc1. The highest BCUT2D eigenvalue weighted by molar-refractivity contribution is 5.97. The molecule has 1 aromatic heterocycles. The zero-order chi connectivity index (χ0) is 24.0. The quantitative estimate of drug-likeness (QED) is 0.399. The summed E-state index contributed by atoms with van der Waals surface area (Å²) in [6.45, 7) is 2.94. The van der Waals surface area contributed by atoms with E-state index < -0.39 is 0 Å². The number of methoxy groups -OCH3 is 1. The Balaban J connectivity index is 1.22. The van der Waals surface area contributed by atoms with Crippen molar-refractivity contribution >= 4 is 11.6 Å². The Morgan fingerprint density at radius 1 is 0.914 bits per heavy atom. The van der Waals surface area contributed by atoms with Crippen molar-refractivity contribution in [2.45, 2.75) is 6.61 Å². The van der Waals surface area contributed by atoms with Crippen LogP contribution in [0.15, 0.2) is 83.4 Å². The first-order chi connectivity index (χ1) is 17.2. The van der Waals surface area contributed by atoms with Gasteiger partial charge in [-0.3, -0.25) is 4.79 Å². The van der Waals surface area contributed by atoms with Gasteiger partial charge in [-0.1, -0.05) is 35.5 Å². The van der Waals surface area contributed by atoms with Crippen LogP contribution < -0.4 is 14.4 Å². The molecule has 0 aliphatic carbocycles. The third-order valence-corrected chi connectivity index (χ3v) is 5.97. The van der Waals surface area contributed by atoms with Crippen LogP contribution in [0.1, 0.15) is 16.2 Å². The Kier molecular flexibility index (Phi) is 6.61. The Labute approximate surface area is 203 Å². The van der Waals surface area contributed by atoms with Gasteiger partial charge in [-0.25, -0.2) is 0 Å². The number of nitrogens with zero attached hydrogens (tertiary/aromatic N) is 4. The molecule has 8 heteroatoms. The minimum absolute atomic E-state index is 0.0437. The molecule has 35 heavy (non-hydrogen) atoms. The summed E-state index contributed by atoms with van der Waals surface area (Å²) in [5, 5.41) is 4.03. The summed E-state index contributed by atoms with van der Waals surface area (Å²) in [7, 11) is 1.62. The van der Waals surface area contributed by atoms with E-state index in [1.165, 1.54) is 5.69 Å². The van der Waals surface area contributed by atoms with Gasteiger partial charge in [0.2, 0.25) is 5.82 Å². The molecule has 0 N–H and O–H groups in total. The van der Waals surface area contributed by atoms with Crippen LogP contribution in [0.3, 0.4) is 0 Å². The number of hydrogen-bond acceptors (Lipinski definition) is 7. The fraction of sp³-hybridized carbons (Fsp3) is 0.222. The summed E-state index contributed by atoms with van der Waals surface area (Å²) in [6.07, 6.45) is 0. The van der Waals surface area contributed by atoms with Gasteiger partial charge >= 0.3 is 0 Å². The number of ether oxygens (including phenoxy) is 2. The molecule has 0 bridgehead atoms. The van der Waals surface area contributed by atoms with Gasteiger partial charge in [-0.2, -0.15) is 4.98 Å². The third kappa shape index (κ3) is 5.11. The van der Waals surface area contributed by atoms with E-state index in [0.717, 1.165) is 24.4 Å². The summed E-state index contributed by atoms with van der Waals surface area (Å²) < 4.78 is 16.5. The molecule has 8 nitrogen and oxygen atoms in total. The number of rotatable bonds is 7. The molecule has 178 valence electrons. The second-order valence-electron chi connectivity index (χ2n) is 8.14. The topological polar surface area (TPSA) is 80.9 Å². The Morgan fingerprint density at radius 2 is 1.63 bits per heavy atom. The van der Waals surface area contributed by atoms with Crippen LogP contribution >= 0.6 is 0 Å². The van der Waals surface area contributed by atoms with Crippen LogP contribution in [0.5, 0.6) is 11.5 Å². The van der Waals surface area contributed by atoms with Crippen molar-refractivity contribution in [2.24, 2.45) is 0 Å². The normalized spacial score (nSPS) is 13.5. The van der Waals surface area contributed by atoms with E-state index in [2.05, 4.69) is 27.2 Å². The number of para-hydroxylation sites is 2. The van der Waals surface area contributed by atoms with Gasteiger partial charge in [-0.15, -0.1) is 0 Å². The van der Waals surface area contributed by atoms with E-state index in [1.807, 2.05) is 59.5 Å². The maximum Gasteiger partial charge on any atom is 0.264 e. The highest BCUT2D eigenvalue weighted by Crippen LogP contribution is 2.24. The molecular formula is C27H26N4O4. The van der Waals surface area contributed by atoms with E-state index in [1.54, 1.807) is 19.2 Å². The lowest BCUT2D eigenvalue weighted by molar-refractivity contribution is 0.0741. The van der Waals surface area contributed by atoms with Gasteiger partial charge < -0.3 is 23.8 Å². The molecule has 3 aromatic carbocycles. The first-order valence-corrected chi connectivity index (χ1v) is 11.5. The van der Waals surface area contributed by atoms with Crippen molar-refractivity contribution < 1.29 is 18.8 Å². The van der Waals surface area contributed by atoms with Crippen molar-refractivity contribution in [3.05, 3.63) is 90.3 Å². The zero-order valence-corrected chi connectivity index (χ0v) is 19.5. The molecule has 1 aliphatic rings. The van der Waals surface area contributed by atoms with E-state index in [0.29, 0.717) is 36.1 Å². The molecule has 1 amide bonds. The number of aromatic nitrogens is 2. The number of amides is 1. The third-order valence-electron chi connectivity index (χ3n) is 5.97. The van der Waals surface area contributed by atoms with E-state index in [-0.39, 0.29) is 12.5 Å². The summed E-state index contributed by atoms with van der Waals surface area (Å²) >= 11 is 0. The largest absolute Gasteiger partial charge is 0.497 e. The molecule has 1 aliphatic heterocycles. The lowest BCUT2D eigenvalue weighted by Gasteiger charge is -2.36. The van der Waals surface area contributed by atoms with Crippen molar-refractivity contribution in [1.29, 1.82) is 0 Å².